The minimum atomic E-state index is -4.32. The van der Waals surface area contributed by atoms with Crippen LogP contribution in [0.5, 0.6) is 0 Å². The molecule has 0 heterocycles. The standard InChI is InChI=1S/C16H24F3NOS/c17-16(18,19)10-20-14(21)9-22-2-1-15-6-11-3-12(7-15)5-13(4-11)8-15/h11-13H,1-10H2,(H,20,21). The molecule has 0 spiro atoms. The van der Waals surface area contributed by atoms with Crippen LogP contribution in [0, 0.1) is 23.2 Å². The summed E-state index contributed by atoms with van der Waals surface area (Å²) in [6, 6.07) is 0. The van der Waals surface area contributed by atoms with Crippen LogP contribution in [0.2, 0.25) is 0 Å². The third kappa shape index (κ3) is 4.12. The van der Waals surface area contributed by atoms with E-state index < -0.39 is 18.6 Å². The predicted octanol–water partition coefficient (Wildman–Crippen LogP) is 4.00. The summed E-state index contributed by atoms with van der Waals surface area (Å²) in [6.45, 7) is -1.22. The van der Waals surface area contributed by atoms with Crippen molar-refractivity contribution in [2.75, 3.05) is 18.1 Å². The van der Waals surface area contributed by atoms with Gasteiger partial charge >= 0.3 is 6.18 Å². The maximum absolute atomic E-state index is 12.0. The van der Waals surface area contributed by atoms with E-state index in [9.17, 15) is 18.0 Å². The van der Waals surface area contributed by atoms with E-state index in [2.05, 4.69) is 0 Å². The summed E-state index contributed by atoms with van der Waals surface area (Å²) in [7, 11) is 0. The topological polar surface area (TPSA) is 29.1 Å². The Balaban J connectivity index is 1.36. The highest BCUT2D eigenvalue weighted by molar-refractivity contribution is 7.99. The van der Waals surface area contributed by atoms with E-state index in [0.717, 1.165) is 29.9 Å². The monoisotopic (exact) mass is 335 g/mol. The van der Waals surface area contributed by atoms with E-state index in [1.54, 1.807) is 0 Å². The minimum Gasteiger partial charge on any atom is -0.346 e. The van der Waals surface area contributed by atoms with Crippen LogP contribution >= 0.6 is 11.8 Å². The van der Waals surface area contributed by atoms with Crippen molar-refractivity contribution < 1.29 is 18.0 Å². The number of rotatable bonds is 6. The molecule has 0 aromatic rings. The second kappa shape index (κ2) is 6.25. The van der Waals surface area contributed by atoms with Gasteiger partial charge in [-0.15, -0.1) is 0 Å². The highest BCUT2D eigenvalue weighted by atomic mass is 32.2. The van der Waals surface area contributed by atoms with Crippen LogP contribution in [0.25, 0.3) is 0 Å². The van der Waals surface area contributed by atoms with Crippen molar-refractivity contribution in [3.05, 3.63) is 0 Å². The van der Waals surface area contributed by atoms with Crippen molar-refractivity contribution in [1.29, 1.82) is 0 Å². The molecule has 2 nitrogen and oxygen atoms in total. The first kappa shape index (κ1) is 16.5. The summed E-state index contributed by atoms with van der Waals surface area (Å²) in [5.41, 5.74) is 0.490. The lowest BCUT2D eigenvalue weighted by Gasteiger charge is -2.57. The largest absolute Gasteiger partial charge is 0.405 e. The summed E-state index contributed by atoms with van der Waals surface area (Å²) in [5, 5.41) is 1.93. The molecular weight excluding hydrogens is 311 g/mol. The SMILES string of the molecule is O=C(CSCCC12CC3CC(CC(C3)C1)C2)NCC(F)(F)F. The number of carbonyl (C=O) groups excluding carboxylic acids is 1. The number of hydrogen-bond acceptors (Lipinski definition) is 2. The molecule has 4 fully saturated rings. The molecule has 126 valence electrons. The Morgan fingerprint density at radius 3 is 2.14 bits per heavy atom. The summed E-state index contributed by atoms with van der Waals surface area (Å²) in [6.07, 6.45) is 5.12. The van der Waals surface area contributed by atoms with Gasteiger partial charge in [0.15, 0.2) is 0 Å². The van der Waals surface area contributed by atoms with Crippen molar-refractivity contribution in [3.63, 3.8) is 0 Å². The van der Waals surface area contributed by atoms with E-state index in [1.165, 1.54) is 50.3 Å². The highest BCUT2D eigenvalue weighted by Gasteiger charge is 2.50. The van der Waals surface area contributed by atoms with Crippen LogP contribution < -0.4 is 5.32 Å². The minimum absolute atomic E-state index is 0.141. The number of halogens is 3. The average Bonchev–Trinajstić information content (AvgIpc) is 2.39. The van der Waals surface area contributed by atoms with Gasteiger partial charge in [-0.1, -0.05) is 0 Å². The Morgan fingerprint density at radius 2 is 1.64 bits per heavy atom. The number of hydrogen-bond donors (Lipinski definition) is 1. The number of alkyl halides is 3. The Bertz CT molecular complexity index is 389. The number of thioether (sulfide) groups is 1. The summed E-state index contributed by atoms with van der Waals surface area (Å²) in [4.78, 5) is 11.4. The second-order valence-corrected chi connectivity index (χ2v) is 8.72. The van der Waals surface area contributed by atoms with Gasteiger partial charge in [0.25, 0.3) is 0 Å². The summed E-state index contributed by atoms with van der Waals surface area (Å²) < 4.78 is 36.0. The molecule has 0 aliphatic heterocycles. The summed E-state index contributed by atoms with van der Waals surface area (Å²) >= 11 is 1.48. The van der Waals surface area contributed by atoms with E-state index >= 15 is 0 Å². The molecule has 4 saturated carbocycles. The van der Waals surface area contributed by atoms with Gasteiger partial charge in [0.1, 0.15) is 6.54 Å². The molecule has 0 aromatic carbocycles. The molecule has 1 N–H and O–H groups in total. The van der Waals surface area contributed by atoms with Crippen molar-refractivity contribution >= 4 is 17.7 Å². The molecule has 22 heavy (non-hydrogen) atoms. The van der Waals surface area contributed by atoms with Gasteiger partial charge in [0, 0.05) is 0 Å². The summed E-state index contributed by atoms with van der Waals surface area (Å²) in [5.74, 6) is 3.30. The average molecular weight is 335 g/mol. The van der Waals surface area contributed by atoms with Crippen LogP contribution in [0.4, 0.5) is 13.2 Å². The lowest BCUT2D eigenvalue weighted by atomic mass is 9.49. The van der Waals surface area contributed by atoms with Crippen molar-refractivity contribution in [1.82, 2.24) is 5.32 Å². The Labute approximate surface area is 134 Å². The fraction of sp³-hybridized carbons (Fsp3) is 0.938. The molecule has 4 rings (SSSR count). The van der Waals surface area contributed by atoms with Gasteiger partial charge in [0.2, 0.25) is 5.91 Å². The number of nitrogens with one attached hydrogen (secondary N) is 1. The molecule has 4 aliphatic rings. The molecule has 0 radical (unpaired) electrons. The van der Waals surface area contributed by atoms with Gasteiger partial charge in [0.05, 0.1) is 5.75 Å². The molecule has 0 aromatic heterocycles. The van der Waals surface area contributed by atoms with Crippen molar-refractivity contribution in [3.8, 4) is 0 Å². The van der Waals surface area contributed by atoms with E-state index in [1.807, 2.05) is 5.32 Å². The van der Waals surface area contributed by atoms with Crippen LogP contribution in [0.15, 0.2) is 0 Å². The van der Waals surface area contributed by atoms with E-state index in [-0.39, 0.29) is 5.75 Å². The fourth-order valence-corrected chi connectivity index (χ4v) is 6.31. The molecular formula is C16H24F3NOS. The van der Waals surface area contributed by atoms with Crippen molar-refractivity contribution in [2.45, 2.75) is 51.1 Å². The zero-order valence-corrected chi connectivity index (χ0v) is 13.6. The maximum Gasteiger partial charge on any atom is 0.405 e. The first-order chi connectivity index (χ1) is 10.3. The van der Waals surface area contributed by atoms with Gasteiger partial charge in [-0.05, 0) is 73.9 Å². The van der Waals surface area contributed by atoms with Crippen LogP contribution in [-0.2, 0) is 4.79 Å². The fourth-order valence-electron chi connectivity index (χ4n) is 5.30. The van der Waals surface area contributed by atoms with E-state index in [0.29, 0.717) is 5.41 Å². The zero-order valence-electron chi connectivity index (χ0n) is 12.8. The van der Waals surface area contributed by atoms with Crippen LogP contribution in [0.1, 0.15) is 44.9 Å². The van der Waals surface area contributed by atoms with Gasteiger partial charge in [-0.3, -0.25) is 4.79 Å². The Kier molecular flexibility index (Phi) is 4.68. The predicted molar refractivity (Wildman–Crippen MR) is 81.6 cm³/mol. The number of carbonyl (C=O) groups is 1. The molecule has 6 heteroatoms. The second-order valence-electron chi connectivity index (χ2n) is 7.61. The number of amides is 1. The maximum atomic E-state index is 12.0. The first-order valence-electron chi connectivity index (χ1n) is 8.25. The smallest absolute Gasteiger partial charge is 0.346 e. The third-order valence-electron chi connectivity index (χ3n) is 5.66. The molecule has 4 aliphatic carbocycles. The molecule has 0 unspecified atom stereocenters. The van der Waals surface area contributed by atoms with Gasteiger partial charge < -0.3 is 5.32 Å². The van der Waals surface area contributed by atoms with Crippen LogP contribution in [-0.4, -0.2) is 30.1 Å². The Morgan fingerprint density at radius 1 is 1.09 bits per heavy atom. The molecule has 0 atom stereocenters. The molecule has 4 bridgehead atoms. The van der Waals surface area contributed by atoms with Gasteiger partial charge in [-0.25, -0.2) is 0 Å². The molecule has 0 saturated heterocycles. The lowest BCUT2D eigenvalue weighted by molar-refractivity contribution is -0.136. The van der Waals surface area contributed by atoms with Gasteiger partial charge in [-0.2, -0.15) is 24.9 Å². The van der Waals surface area contributed by atoms with E-state index in [4.69, 9.17) is 0 Å². The van der Waals surface area contributed by atoms with Crippen molar-refractivity contribution in [2.24, 2.45) is 23.2 Å². The molecule has 1 amide bonds. The quantitative estimate of drug-likeness (QED) is 0.743. The highest BCUT2D eigenvalue weighted by Crippen LogP contribution is 2.61. The lowest BCUT2D eigenvalue weighted by Crippen LogP contribution is -2.46. The zero-order chi connectivity index (χ0) is 15.8. The first-order valence-corrected chi connectivity index (χ1v) is 9.40. The van der Waals surface area contributed by atoms with Crippen LogP contribution in [0.3, 0.4) is 0 Å². The third-order valence-corrected chi connectivity index (χ3v) is 6.62. The normalized spacial score (nSPS) is 36.6. The Hall–Kier alpha value is -0.390.